The fraction of sp³-hybridized carbons (Fsp3) is 0. The van der Waals surface area contributed by atoms with Crippen LogP contribution in [0, 0.1) is 0 Å². The summed E-state index contributed by atoms with van der Waals surface area (Å²) in [5.74, 6) is -0.701. The third-order valence-electron chi connectivity index (χ3n) is 2.51. The van der Waals surface area contributed by atoms with Gasteiger partial charge >= 0.3 is 0 Å². The van der Waals surface area contributed by atoms with E-state index in [1.54, 1.807) is 12.1 Å². The monoisotopic (exact) mass is 413 g/mol. The average Bonchev–Trinajstić information content (AvgIpc) is 2.51. The van der Waals surface area contributed by atoms with Crippen LogP contribution >= 0.6 is 31.9 Å². The maximum absolute atomic E-state index is 11.7. The van der Waals surface area contributed by atoms with Gasteiger partial charge in [0.2, 0.25) is 0 Å². The summed E-state index contributed by atoms with van der Waals surface area (Å²) < 4.78 is 0.521. The third-order valence-corrected chi connectivity index (χ3v) is 3.87. The van der Waals surface area contributed by atoms with Crippen molar-refractivity contribution in [1.29, 1.82) is 0 Å². The fourth-order valence-corrected chi connectivity index (χ4v) is 2.60. The number of nitrogens with zero attached hydrogens (tertiary/aromatic N) is 2. The van der Waals surface area contributed by atoms with Gasteiger partial charge in [-0.25, -0.2) is 5.43 Å². The first kappa shape index (κ1) is 15.5. The SMILES string of the molecule is O=C(N/N=C/c1cc(Br)c(O)c(Br)c1O)c1ccncc1. The largest absolute Gasteiger partial charge is 0.506 e. The van der Waals surface area contributed by atoms with Crippen molar-refractivity contribution in [2.45, 2.75) is 0 Å². The van der Waals surface area contributed by atoms with E-state index < -0.39 is 5.91 Å². The zero-order valence-corrected chi connectivity index (χ0v) is 13.6. The van der Waals surface area contributed by atoms with E-state index in [0.29, 0.717) is 15.6 Å². The predicted octanol–water partition coefficient (Wildman–Crippen LogP) is 2.78. The molecule has 0 unspecified atom stereocenters. The minimum Gasteiger partial charge on any atom is -0.506 e. The Hall–Kier alpha value is -1.93. The number of aromatic hydroxyl groups is 2. The maximum atomic E-state index is 11.7. The Morgan fingerprint density at radius 3 is 2.57 bits per heavy atom. The van der Waals surface area contributed by atoms with Crippen molar-refractivity contribution in [2.24, 2.45) is 5.10 Å². The van der Waals surface area contributed by atoms with E-state index in [4.69, 9.17) is 0 Å². The van der Waals surface area contributed by atoms with Crippen molar-refractivity contribution in [2.75, 3.05) is 0 Å². The van der Waals surface area contributed by atoms with Crippen LogP contribution in [0.3, 0.4) is 0 Å². The summed E-state index contributed by atoms with van der Waals surface area (Å²) in [7, 11) is 0. The lowest BCUT2D eigenvalue weighted by Gasteiger charge is -2.06. The molecule has 1 aromatic carbocycles. The number of halogens is 2. The van der Waals surface area contributed by atoms with E-state index in [0.717, 1.165) is 0 Å². The molecule has 1 amide bonds. The molecule has 8 heteroatoms. The van der Waals surface area contributed by atoms with Gasteiger partial charge in [0.25, 0.3) is 5.91 Å². The van der Waals surface area contributed by atoms with E-state index in [9.17, 15) is 15.0 Å². The Kier molecular flexibility index (Phi) is 4.92. The first-order valence-corrected chi connectivity index (χ1v) is 7.22. The second kappa shape index (κ2) is 6.68. The zero-order valence-electron chi connectivity index (χ0n) is 10.4. The molecule has 108 valence electrons. The van der Waals surface area contributed by atoms with Crippen LogP contribution in [0.4, 0.5) is 0 Å². The molecule has 0 aliphatic heterocycles. The first-order valence-electron chi connectivity index (χ1n) is 5.64. The molecule has 1 aromatic heterocycles. The number of pyridine rings is 1. The van der Waals surface area contributed by atoms with Gasteiger partial charge in [-0.15, -0.1) is 0 Å². The Labute approximate surface area is 136 Å². The Morgan fingerprint density at radius 1 is 1.24 bits per heavy atom. The Bertz CT molecular complexity index is 706. The number of phenolic OH excluding ortho intramolecular Hbond substituents is 2. The maximum Gasteiger partial charge on any atom is 0.271 e. The summed E-state index contributed by atoms with van der Waals surface area (Å²) in [6.45, 7) is 0. The normalized spacial score (nSPS) is 10.8. The minimum atomic E-state index is -0.398. The summed E-state index contributed by atoms with van der Waals surface area (Å²) in [4.78, 5) is 15.5. The number of hydrogen-bond acceptors (Lipinski definition) is 5. The Balaban J connectivity index is 2.14. The molecule has 0 saturated heterocycles. The molecule has 21 heavy (non-hydrogen) atoms. The quantitative estimate of drug-likeness (QED) is 0.531. The van der Waals surface area contributed by atoms with Crippen LogP contribution in [0.5, 0.6) is 11.5 Å². The molecule has 0 radical (unpaired) electrons. The van der Waals surface area contributed by atoms with Gasteiger partial charge in [0.05, 0.1) is 10.7 Å². The number of carbonyl (C=O) groups excluding carboxylic acids is 1. The summed E-state index contributed by atoms with van der Waals surface area (Å²) in [5, 5.41) is 23.2. The van der Waals surface area contributed by atoms with Crippen molar-refractivity contribution in [3.8, 4) is 11.5 Å². The summed E-state index contributed by atoms with van der Waals surface area (Å²) in [6, 6.07) is 4.57. The number of aromatic nitrogens is 1. The number of nitrogens with one attached hydrogen (secondary N) is 1. The molecule has 0 spiro atoms. The first-order chi connectivity index (χ1) is 10.0. The number of hydrazone groups is 1. The van der Waals surface area contributed by atoms with Crippen LogP contribution in [0.15, 0.2) is 44.6 Å². The van der Waals surface area contributed by atoms with Crippen LogP contribution in [0.25, 0.3) is 0 Å². The van der Waals surface area contributed by atoms with E-state index in [1.165, 1.54) is 24.7 Å². The minimum absolute atomic E-state index is 0.120. The van der Waals surface area contributed by atoms with E-state index >= 15 is 0 Å². The van der Waals surface area contributed by atoms with Crippen molar-refractivity contribution >= 4 is 44.0 Å². The molecule has 1 heterocycles. The van der Waals surface area contributed by atoms with Gasteiger partial charge in [0.1, 0.15) is 16.0 Å². The van der Waals surface area contributed by atoms with Gasteiger partial charge in [0.15, 0.2) is 0 Å². The standard InChI is InChI=1S/C13H9Br2N3O3/c14-9-5-8(11(19)10(15)12(9)20)6-17-18-13(21)7-1-3-16-4-2-7/h1-6,19-20H,(H,18,21)/b17-6+. The van der Waals surface area contributed by atoms with Crippen LogP contribution in [-0.2, 0) is 0 Å². The van der Waals surface area contributed by atoms with Crippen LogP contribution in [0.1, 0.15) is 15.9 Å². The lowest BCUT2D eigenvalue weighted by Crippen LogP contribution is -2.17. The van der Waals surface area contributed by atoms with E-state index in [1.807, 2.05) is 0 Å². The molecule has 0 fully saturated rings. The molecule has 0 saturated carbocycles. The predicted molar refractivity (Wildman–Crippen MR) is 84.5 cm³/mol. The number of phenols is 2. The molecule has 6 nitrogen and oxygen atoms in total. The van der Waals surface area contributed by atoms with E-state index in [2.05, 4.69) is 47.4 Å². The second-order valence-corrected chi connectivity index (χ2v) is 5.54. The third kappa shape index (κ3) is 3.59. The average molecular weight is 415 g/mol. The summed E-state index contributed by atoms with van der Waals surface area (Å²) >= 11 is 6.19. The lowest BCUT2D eigenvalue weighted by molar-refractivity contribution is 0.0955. The number of amides is 1. The second-order valence-electron chi connectivity index (χ2n) is 3.89. The van der Waals surface area contributed by atoms with Crippen molar-refractivity contribution in [1.82, 2.24) is 10.4 Å². The van der Waals surface area contributed by atoms with Gasteiger partial charge < -0.3 is 10.2 Å². The molecule has 0 atom stereocenters. The number of rotatable bonds is 3. The number of benzene rings is 1. The van der Waals surface area contributed by atoms with E-state index in [-0.39, 0.29) is 16.0 Å². The van der Waals surface area contributed by atoms with Gasteiger partial charge in [-0.2, -0.15) is 5.10 Å². The summed E-state index contributed by atoms with van der Waals surface area (Å²) in [6.07, 6.45) is 4.26. The van der Waals surface area contributed by atoms with Gasteiger partial charge in [-0.05, 0) is 50.1 Å². The highest BCUT2D eigenvalue weighted by molar-refractivity contribution is 9.11. The van der Waals surface area contributed by atoms with Crippen LogP contribution in [-0.4, -0.2) is 27.3 Å². The lowest BCUT2D eigenvalue weighted by atomic mass is 10.2. The molecule has 2 rings (SSSR count). The van der Waals surface area contributed by atoms with Gasteiger partial charge in [-0.1, -0.05) is 0 Å². The van der Waals surface area contributed by atoms with Crippen LogP contribution < -0.4 is 5.43 Å². The molecular formula is C13H9Br2N3O3. The van der Waals surface area contributed by atoms with Crippen LogP contribution in [0.2, 0.25) is 0 Å². The number of hydrogen-bond donors (Lipinski definition) is 3. The topological polar surface area (TPSA) is 94.8 Å². The molecule has 0 aliphatic carbocycles. The zero-order chi connectivity index (χ0) is 15.4. The van der Waals surface area contributed by atoms with Crippen molar-refractivity contribution in [3.05, 3.63) is 50.7 Å². The molecule has 3 N–H and O–H groups in total. The van der Waals surface area contributed by atoms with Gasteiger partial charge in [0, 0.05) is 23.5 Å². The molecule has 0 aliphatic rings. The Morgan fingerprint density at radius 2 is 1.90 bits per heavy atom. The van der Waals surface area contributed by atoms with Crippen molar-refractivity contribution in [3.63, 3.8) is 0 Å². The smallest absolute Gasteiger partial charge is 0.271 e. The van der Waals surface area contributed by atoms with Gasteiger partial charge in [-0.3, -0.25) is 9.78 Å². The fourth-order valence-electron chi connectivity index (χ4n) is 1.44. The molecule has 0 bridgehead atoms. The highest BCUT2D eigenvalue weighted by Crippen LogP contribution is 2.40. The molecule has 2 aromatic rings. The summed E-state index contributed by atoms with van der Waals surface area (Å²) in [5.41, 5.74) is 3.06. The highest BCUT2D eigenvalue weighted by Gasteiger charge is 2.12. The van der Waals surface area contributed by atoms with Crippen molar-refractivity contribution < 1.29 is 15.0 Å². The molecular weight excluding hydrogens is 406 g/mol. The number of carbonyl (C=O) groups is 1. The highest BCUT2D eigenvalue weighted by atomic mass is 79.9.